The third-order valence-corrected chi connectivity index (χ3v) is 8.60. The van der Waals surface area contributed by atoms with Crippen LogP contribution in [0.2, 0.25) is 0 Å². The number of nitrogens with one attached hydrogen (secondary N) is 1. The maximum absolute atomic E-state index is 13.3. The average molecular weight is 515 g/mol. The fraction of sp³-hybridized carbons (Fsp3) is 0.379. The molecular formula is C29H30N4O3S. The van der Waals surface area contributed by atoms with E-state index in [-0.39, 0.29) is 29.7 Å². The van der Waals surface area contributed by atoms with Crippen LogP contribution in [-0.2, 0) is 17.6 Å². The third-order valence-electron chi connectivity index (χ3n) is 7.70. The van der Waals surface area contributed by atoms with E-state index in [9.17, 15) is 14.4 Å². The molecule has 1 N–H and O–H groups in total. The summed E-state index contributed by atoms with van der Waals surface area (Å²) in [5, 5.41) is 5.47. The van der Waals surface area contributed by atoms with Crippen molar-refractivity contribution < 1.29 is 14.4 Å². The van der Waals surface area contributed by atoms with Crippen LogP contribution in [0.5, 0.6) is 0 Å². The number of piperidine rings is 1. The normalized spacial score (nSPS) is 24.1. The van der Waals surface area contributed by atoms with Gasteiger partial charge in [0.05, 0.1) is 28.5 Å². The summed E-state index contributed by atoms with van der Waals surface area (Å²) in [6.07, 6.45) is 7.09. The van der Waals surface area contributed by atoms with Crippen LogP contribution in [0.4, 0.5) is 5.69 Å². The number of Topliss-reactive ketones (excluding diaryl/α,β-unsaturated/α-hetero) is 1. The average Bonchev–Trinajstić information content (AvgIpc) is 3.58. The molecular weight excluding hydrogens is 484 g/mol. The molecule has 0 bridgehead atoms. The number of hydrogen-bond acceptors (Lipinski definition) is 7. The van der Waals surface area contributed by atoms with Crippen molar-refractivity contribution in [1.82, 2.24) is 9.80 Å². The standard InChI is InChI=1S/C29H30N4O3S/c1-17(13-20-5-4-12-37-20)30-23-6-3-7-26(34)27(23)25-15-18-14-21-22(16-24(18)31-25)29(36)33(28(21)35)19-8-10-32(2)11-9-19/h3-6,12,14,16-17,19,31H,7-11,13,15H2,1-2H3. The minimum absolute atomic E-state index is 0.0352. The van der Waals surface area contributed by atoms with Crippen molar-refractivity contribution in [2.24, 2.45) is 4.99 Å². The summed E-state index contributed by atoms with van der Waals surface area (Å²) in [6, 6.07) is 7.77. The Morgan fingerprint density at radius 3 is 2.62 bits per heavy atom. The molecule has 2 amide bonds. The van der Waals surface area contributed by atoms with Crippen molar-refractivity contribution in [3.63, 3.8) is 0 Å². The van der Waals surface area contributed by atoms with Gasteiger partial charge in [0.15, 0.2) is 5.78 Å². The second kappa shape index (κ2) is 9.50. The Balaban J connectivity index is 1.28. The quantitative estimate of drug-likeness (QED) is 0.487. The first kappa shape index (κ1) is 24.0. The van der Waals surface area contributed by atoms with Gasteiger partial charge in [-0.05, 0) is 75.1 Å². The molecule has 1 saturated heterocycles. The number of carbonyl (C=O) groups excluding carboxylic acids is 3. The van der Waals surface area contributed by atoms with E-state index in [1.54, 1.807) is 17.4 Å². The van der Waals surface area contributed by atoms with Gasteiger partial charge in [-0.25, -0.2) is 0 Å². The number of rotatable bonds is 4. The van der Waals surface area contributed by atoms with Crippen molar-refractivity contribution in [2.75, 3.05) is 25.5 Å². The van der Waals surface area contributed by atoms with Gasteiger partial charge in [0.25, 0.3) is 11.8 Å². The van der Waals surface area contributed by atoms with Gasteiger partial charge in [0.1, 0.15) is 0 Å². The molecule has 1 unspecified atom stereocenters. The molecule has 2 aromatic rings. The summed E-state index contributed by atoms with van der Waals surface area (Å²) in [7, 11) is 2.06. The number of hydrogen-bond donors (Lipinski definition) is 1. The van der Waals surface area contributed by atoms with E-state index >= 15 is 0 Å². The highest BCUT2D eigenvalue weighted by molar-refractivity contribution is 7.09. The van der Waals surface area contributed by atoms with Gasteiger partial charge in [-0.2, -0.15) is 0 Å². The van der Waals surface area contributed by atoms with E-state index in [0.29, 0.717) is 35.3 Å². The summed E-state index contributed by atoms with van der Waals surface area (Å²) in [6.45, 7) is 3.83. The number of likely N-dealkylation sites (tertiary alicyclic amines) is 1. The number of ketones is 1. The number of fused-ring (bicyclic) bond motifs is 2. The van der Waals surface area contributed by atoms with Gasteiger partial charge in [-0.15, -0.1) is 11.3 Å². The number of nitrogens with zero attached hydrogens (tertiary/aromatic N) is 3. The molecule has 4 aliphatic rings. The fourth-order valence-electron chi connectivity index (χ4n) is 5.78. The van der Waals surface area contributed by atoms with Crippen molar-refractivity contribution in [1.29, 1.82) is 0 Å². The van der Waals surface area contributed by atoms with Crippen LogP contribution in [0.25, 0.3) is 0 Å². The zero-order valence-electron chi connectivity index (χ0n) is 21.1. The minimum Gasteiger partial charge on any atom is -0.358 e. The van der Waals surface area contributed by atoms with Crippen LogP contribution in [0.3, 0.4) is 0 Å². The lowest BCUT2D eigenvalue weighted by Crippen LogP contribution is -2.46. The molecule has 6 rings (SSSR count). The minimum atomic E-state index is -0.207. The third kappa shape index (κ3) is 4.38. The van der Waals surface area contributed by atoms with Gasteiger partial charge in [-0.1, -0.05) is 12.1 Å². The Morgan fingerprint density at radius 2 is 1.89 bits per heavy atom. The molecule has 4 heterocycles. The van der Waals surface area contributed by atoms with Crippen molar-refractivity contribution >= 4 is 40.3 Å². The molecule has 37 heavy (non-hydrogen) atoms. The van der Waals surface area contributed by atoms with Gasteiger partial charge in [0, 0.05) is 41.6 Å². The maximum atomic E-state index is 13.3. The summed E-state index contributed by atoms with van der Waals surface area (Å²) in [4.78, 5) is 49.5. The van der Waals surface area contributed by atoms with Gasteiger partial charge in [0.2, 0.25) is 0 Å². The van der Waals surface area contributed by atoms with Crippen molar-refractivity contribution in [2.45, 2.75) is 51.1 Å². The first-order valence-electron chi connectivity index (χ1n) is 12.9. The monoisotopic (exact) mass is 514 g/mol. The van der Waals surface area contributed by atoms with Crippen LogP contribution >= 0.6 is 11.3 Å². The second-order valence-corrected chi connectivity index (χ2v) is 11.4. The Labute approximate surface area is 220 Å². The first-order valence-corrected chi connectivity index (χ1v) is 13.8. The Bertz CT molecular complexity index is 1330. The van der Waals surface area contributed by atoms with Crippen molar-refractivity contribution in [3.8, 4) is 0 Å². The number of amides is 2. The van der Waals surface area contributed by atoms with E-state index in [1.165, 1.54) is 9.78 Å². The highest BCUT2D eigenvalue weighted by atomic mass is 32.1. The molecule has 1 aliphatic carbocycles. The van der Waals surface area contributed by atoms with Gasteiger partial charge < -0.3 is 10.2 Å². The first-order chi connectivity index (χ1) is 17.9. The highest BCUT2D eigenvalue weighted by Crippen LogP contribution is 2.38. The Morgan fingerprint density at radius 1 is 1.14 bits per heavy atom. The van der Waals surface area contributed by atoms with Crippen LogP contribution < -0.4 is 5.32 Å². The summed E-state index contributed by atoms with van der Waals surface area (Å²) < 4.78 is 0. The smallest absolute Gasteiger partial charge is 0.261 e. The zero-order valence-corrected chi connectivity index (χ0v) is 21.9. The molecule has 0 spiro atoms. The SMILES string of the molecule is CC(Cc1cccs1)N=C1C=CCC(=O)C1=C1Cc2cc3c(cc2N1)C(=O)N(C1CCN(C)CC1)C3=O. The summed E-state index contributed by atoms with van der Waals surface area (Å²) in [5.41, 5.74) is 4.76. The topological polar surface area (TPSA) is 82.1 Å². The van der Waals surface area contributed by atoms with Gasteiger partial charge in [-0.3, -0.25) is 24.3 Å². The molecule has 8 heteroatoms. The molecule has 1 fully saturated rings. The molecule has 3 aliphatic heterocycles. The number of allylic oxidation sites excluding steroid dienone is 4. The lowest BCUT2D eigenvalue weighted by molar-refractivity contribution is -0.114. The van der Waals surface area contributed by atoms with E-state index in [4.69, 9.17) is 4.99 Å². The van der Waals surface area contributed by atoms with E-state index in [0.717, 1.165) is 49.3 Å². The van der Waals surface area contributed by atoms with E-state index in [2.05, 4.69) is 35.6 Å². The van der Waals surface area contributed by atoms with Crippen molar-refractivity contribution in [3.05, 3.63) is 74.6 Å². The second-order valence-electron chi connectivity index (χ2n) is 10.4. The summed E-state index contributed by atoms with van der Waals surface area (Å²) >= 11 is 1.71. The number of anilines is 1. The Hall–Kier alpha value is -3.36. The molecule has 0 radical (unpaired) electrons. The van der Waals surface area contributed by atoms with Crippen LogP contribution in [0, 0.1) is 0 Å². The summed E-state index contributed by atoms with van der Waals surface area (Å²) in [5.74, 6) is -0.366. The molecule has 1 aromatic heterocycles. The fourth-order valence-corrected chi connectivity index (χ4v) is 6.61. The number of aliphatic imine (C=N–C) groups is 1. The number of carbonyl (C=O) groups is 3. The lowest BCUT2D eigenvalue weighted by Gasteiger charge is -2.33. The number of benzene rings is 1. The van der Waals surface area contributed by atoms with Gasteiger partial charge >= 0.3 is 0 Å². The Kier molecular flexibility index (Phi) is 6.16. The van der Waals surface area contributed by atoms with E-state index < -0.39 is 0 Å². The van der Waals surface area contributed by atoms with Crippen LogP contribution in [0.1, 0.15) is 57.3 Å². The molecule has 1 aromatic carbocycles. The highest BCUT2D eigenvalue weighted by Gasteiger charge is 2.42. The predicted molar refractivity (Wildman–Crippen MR) is 145 cm³/mol. The molecule has 0 saturated carbocycles. The largest absolute Gasteiger partial charge is 0.358 e. The molecule has 1 atom stereocenters. The number of imide groups is 1. The van der Waals surface area contributed by atoms with Crippen LogP contribution in [0.15, 0.2) is 58.1 Å². The predicted octanol–water partition coefficient (Wildman–Crippen LogP) is 4.26. The van der Waals surface area contributed by atoms with E-state index in [1.807, 2.05) is 24.3 Å². The number of thiophene rings is 1. The van der Waals surface area contributed by atoms with Crippen LogP contribution in [-0.4, -0.2) is 65.3 Å². The molecule has 7 nitrogen and oxygen atoms in total. The zero-order chi connectivity index (χ0) is 25.7. The lowest BCUT2D eigenvalue weighted by atomic mass is 9.93. The maximum Gasteiger partial charge on any atom is 0.261 e. The molecule has 190 valence electrons.